The minimum atomic E-state index is -0.583. The van der Waals surface area contributed by atoms with Crippen molar-refractivity contribution in [2.24, 2.45) is 11.1 Å². The fourth-order valence-corrected chi connectivity index (χ4v) is 2.72. The highest BCUT2D eigenvalue weighted by Crippen LogP contribution is 2.31. The van der Waals surface area contributed by atoms with E-state index in [0.29, 0.717) is 36.1 Å². The molecule has 0 unspecified atom stereocenters. The van der Waals surface area contributed by atoms with Gasteiger partial charge in [0.05, 0.1) is 16.5 Å². The lowest BCUT2D eigenvalue weighted by atomic mass is 9.79. The van der Waals surface area contributed by atoms with E-state index in [2.05, 4.69) is 10.3 Å². The van der Waals surface area contributed by atoms with Crippen molar-refractivity contribution >= 4 is 28.2 Å². The lowest BCUT2D eigenvalue weighted by Gasteiger charge is -2.34. The van der Waals surface area contributed by atoms with Gasteiger partial charge in [-0.1, -0.05) is 11.3 Å². The minimum absolute atomic E-state index is 0.0578. The van der Waals surface area contributed by atoms with Gasteiger partial charge in [0.1, 0.15) is 0 Å². The zero-order valence-corrected chi connectivity index (χ0v) is 11.6. The van der Waals surface area contributed by atoms with Gasteiger partial charge in [-0.05, 0) is 12.8 Å². The Hall–Kier alpha value is -1.31. The number of carbonyl (C=O) groups is 2. The fourth-order valence-electron chi connectivity index (χ4n) is 2.01. The summed E-state index contributed by atoms with van der Waals surface area (Å²) in [6.07, 6.45) is 2.70. The average Bonchev–Trinajstić information content (AvgIpc) is 2.88. The number of ketones is 1. The molecule has 7 heteroatoms. The number of carbonyl (C=O) groups excluding carboxylic acids is 2. The Morgan fingerprint density at radius 2 is 2.21 bits per heavy atom. The Morgan fingerprint density at radius 1 is 1.53 bits per heavy atom. The molecule has 1 aromatic heterocycles. The fraction of sp³-hybridized carbons (Fsp3) is 0.583. The number of anilines is 1. The summed E-state index contributed by atoms with van der Waals surface area (Å²) in [5.74, 6) is -0.194. The highest BCUT2D eigenvalue weighted by atomic mass is 32.1. The second-order valence-corrected chi connectivity index (χ2v) is 5.67. The predicted octanol–water partition coefficient (Wildman–Crippen LogP) is 1.04. The molecule has 0 aliphatic carbocycles. The van der Waals surface area contributed by atoms with E-state index in [-0.39, 0.29) is 18.2 Å². The molecule has 19 heavy (non-hydrogen) atoms. The van der Waals surface area contributed by atoms with Crippen LogP contribution in [0, 0.1) is 5.41 Å². The van der Waals surface area contributed by atoms with E-state index in [0.717, 1.165) is 0 Å². The van der Waals surface area contributed by atoms with Gasteiger partial charge >= 0.3 is 0 Å². The maximum absolute atomic E-state index is 12.3. The predicted molar refractivity (Wildman–Crippen MR) is 72.3 cm³/mol. The van der Waals surface area contributed by atoms with Crippen LogP contribution in [-0.2, 0) is 9.53 Å². The van der Waals surface area contributed by atoms with Crippen LogP contribution in [0.15, 0.2) is 6.20 Å². The highest BCUT2D eigenvalue weighted by Gasteiger charge is 2.39. The van der Waals surface area contributed by atoms with E-state index in [1.54, 1.807) is 0 Å². The summed E-state index contributed by atoms with van der Waals surface area (Å²) in [7, 11) is 0. The summed E-state index contributed by atoms with van der Waals surface area (Å²) in [4.78, 5) is 28.1. The molecule has 104 valence electrons. The van der Waals surface area contributed by atoms with Crippen LogP contribution in [0.2, 0.25) is 0 Å². The van der Waals surface area contributed by atoms with Crippen LogP contribution in [-0.4, -0.2) is 36.4 Å². The first-order chi connectivity index (χ1) is 9.07. The summed E-state index contributed by atoms with van der Waals surface area (Å²) >= 11 is 1.18. The summed E-state index contributed by atoms with van der Waals surface area (Å²) in [6, 6.07) is 0. The molecular formula is C12H17N3O3S. The molecule has 0 spiro atoms. The van der Waals surface area contributed by atoms with Gasteiger partial charge in [0.25, 0.3) is 0 Å². The summed E-state index contributed by atoms with van der Waals surface area (Å²) in [5.41, 5.74) is 5.18. The average molecular weight is 283 g/mol. The molecule has 0 atom stereocenters. The Balaban J connectivity index is 2.08. The third kappa shape index (κ3) is 2.99. The number of thiazole rings is 1. The standard InChI is InChI=1S/C12H17N3O3S/c1-8(16)9-6-14-11(19-9)15-10(17)12(7-13)2-4-18-5-3-12/h6H,2-5,7,13H2,1H3,(H,14,15,17). The number of nitrogens with one attached hydrogen (secondary N) is 1. The molecule has 1 aromatic rings. The smallest absolute Gasteiger partial charge is 0.233 e. The molecule has 6 nitrogen and oxygen atoms in total. The monoisotopic (exact) mass is 283 g/mol. The lowest BCUT2D eigenvalue weighted by Crippen LogP contribution is -2.46. The first kappa shape index (κ1) is 14.1. The van der Waals surface area contributed by atoms with Gasteiger partial charge in [-0.3, -0.25) is 9.59 Å². The SMILES string of the molecule is CC(=O)c1cnc(NC(=O)C2(CN)CCOCC2)s1. The molecule has 3 N–H and O–H groups in total. The quantitative estimate of drug-likeness (QED) is 0.805. The normalized spacial score (nSPS) is 18.0. The van der Waals surface area contributed by atoms with E-state index in [1.807, 2.05) is 0 Å². The van der Waals surface area contributed by atoms with Gasteiger partial charge in [0.15, 0.2) is 10.9 Å². The zero-order valence-electron chi connectivity index (χ0n) is 10.8. The number of ether oxygens (including phenoxy) is 1. The van der Waals surface area contributed by atoms with Crippen molar-refractivity contribution in [3.05, 3.63) is 11.1 Å². The van der Waals surface area contributed by atoms with Gasteiger partial charge in [-0.15, -0.1) is 0 Å². The number of aromatic nitrogens is 1. The summed E-state index contributed by atoms with van der Waals surface area (Å²) < 4.78 is 5.27. The number of amides is 1. The lowest BCUT2D eigenvalue weighted by molar-refractivity contribution is -0.130. The van der Waals surface area contributed by atoms with E-state index in [1.165, 1.54) is 24.5 Å². The number of rotatable bonds is 4. The van der Waals surface area contributed by atoms with E-state index in [9.17, 15) is 9.59 Å². The summed E-state index contributed by atoms with van der Waals surface area (Å²) in [5, 5.41) is 3.20. The van der Waals surface area contributed by atoms with Gasteiger partial charge in [-0.25, -0.2) is 4.98 Å². The second kappa shape index (κ2) is 5.77. The van der Waals surface area contributed by atoms with Crippen LogP contribution in [0.5, 0.6) is 0 Å². The third-order valence-corrected chi connectivity index (χ3v) is 4.41. The van der Waals surface area contributed by atoms with Crippen LogP contribution < -0.4 is 11.1 Å². The number of nitrogens with zero attached hydrogens (tertiary/aromatic N) is 1. The van der Waals surface area contributed by atoms with Gasteiger partial charge in [-0.2, -0.15) is 0 Å². The highest BCUT2D eigenvalue weighted by molar-refractivity contribution is 7.17. The van der Waals surface area contributed by atoms with Crippen LogP contribution in [0.4, 0.5) is 5.13 Å². The Kier molecular flexibility index (Phi) is 4.28. The molecule has 0 aromatic carbocycles. The van der Waals surface area contributed by atoms with Gasteiger partial charge in [0, 0.05) is 26.7 Å². The molecule has 1 fully saturated rings. The molecule has 1 aliphatic heterocycles. The molecule has 1 saturated heterocycles. The molecule has 2 heterocycles. The van der Waals surface area contributed by atoms with Crippen molar-refractivity contribution in [3.63, 3.8) is 0 Å². The second-order valence-electron chi connectivity index (χ2n) is 4.64. The van der Waals surface area contributed by atoms with Crippen molar-refractivity contribution in [2.75, 3.05) is 25.1 Å². The Morgan fingerprint density at radius 3 is 2.74 bits per heavy atom. The van der Waals surface area contributed by atoms with Crippen molar-refractivity contribution < 1.29 is 14.3 Å². The molecule has 0 saturated carbocycles. The third-order valence-electron chi connectivity index (χ3n) is 3.40. The zero-order chi connectivity index (χ0) is 13.9. The topological polar surface area (TPSA) is 94.3 Å². The first-order valence-corrected chi connectivity index (χ1v) is 6.95. The maximum Gasteiger partial charge on any atom is 0.233 e. The largest absolute Gasteiger partial charge is 0.381 e. The first-order valence-electron chi connectivity index (χ1n) is 6.13. The van der Waals surface area contributed by atoms with Crippen LogP contribution in [0.25, 0.3) is 0 Å². The van der Waals surface area contributed by atoms with Crippen LogP contribution in [0.3, 0.4) is 0 Å². The number of hydrogen-bond acceptors (Lipinski definition) is 6. The minimum Gasteiger partial charge on any atom is -0.381 e. The van der Waals surface area contributed by atoms with E-state index >= 15 is 0 Å². The van der Waals surface area contributed by atoms with Crippen molar-refractivity contribution in [1.82, 2.24) is 4.98 Å². The molecule has 2 rings (SSSR count). The van der Waals surface area contributed by atoms with Crippen molar-refractivity contribution in [2.45, 2.75) is 19.8 Å². The van der Waals surface area contributed by atoms with Crippen LogP contribution >= 0.6 is 11.3 Å². The van der Waals surface area contributed by atoms with Gasteiger partial charge < -0.3 is 15.8 Å². The number of hydrogen-bond donors (Lipinski definition) is 2. The Labute approximate surface area is 115 Å². The Bertz CT molecular complexity index is 480. The van der Waals surface area contributed by atoms with Crippen molar-refractivity contribution in [3.8, 4) is 0 Å². The molecule has 1 amide bonds. The molecule has 0 bridgehead atoms. The number of Topliss-reactive ketones (excluding diaryl/α,β-unsaturated/α-hetero) is 1. The number of nitrogens with two attached hydrogens (primary N) is 1. The molecular weight excluding hydrogens is 266 g/mol. The van der Waals surface area contributed by atoms with E-state index in [4.69, 9.17) is 10.5 Å². The summed E-state index contributed by atoms with van der Waals surface area (Å²) in [6.45, 7) is 2.84. The van der Waals surface area contributed by atoms with Crippen molar-refractivity contribution in [1.29, 1.82) is 0 Å². The van der Waals surface area contributed by atoms with E-state index < -0.39 is 5.41 Å². The van der Waals surface area contributed by atoms with Crippen LogP contribution in [0.1, 0.15) is 29.4 Å². The maximum atomic E-state index is 12.3. The molecule has 0 radical (unpaired) electrons. The van der Waals surface area contributed by atoms with Gasteiger partial charge in [0.2, 0.25) is 5.91 Å². The molecule has 1 aliphatic rings.